The molecule has 0 bridgehead atoms. The highest BCUT2D eigenvalue weighted by Gasteiger charge is 2.16. The maximum atomic E-state index is 7.36. The number of hydrogen-bond donors (Lipinski definition) is 0. The molecule has 0 unspecified atom stereocenters. The van der Waals surface area contributed by atoms with Gasteiger partial charge in [-0.05, 0) is 12.9 Å². The lowest BCUT2D eigenvalue weighted by atomic mass is 10.1. The van der Waals surface area contributed by atoms with Gasteiger partial charge in [0.05, 0.1) is 0 Å². The van der Waals surface area contributed by atoms with Crippen LogP contribution in [0.2, 0.25) is 0 Å². The van der Waals surface area contributed by atoms with E-state index in [1.807, 2.05) is 14.0 Å². The Morgan fingerprint density at radius 3 is 2.33 bits per heavy atom. The van der Waals surface area contributed by atoms with Crippen LogP contribution in [0.1, 0.15) is 8.29 Å². The summed E-state index contributed by atoms with van der Waals surface area (Å²) in [4.78, 5) is 2.15. The van der Waals surface area contributed by atoms with E-state index in [0.717, 1.165) is 13.1 Å². The summed E-state index contributed by atoms with van der Waals surface area (Å²) < 4.78 is 7.36. The van der Waals surface area contributed by atoms with Gasteiger partial charge in [0.25, 0.3) is 0 Å². The predicted octanol–water partition coefficient (Wildman–Crippen LogP) is 0.568. The van der Waals surface area contributed by atoms with Gasteiger partial charge in [0.2, 0.25) is 0 Å². The molecular formula is C5H11N. The third-order valence-electron chi connectivity index (χ3n) is 1.08. The van der Waals surface area contributed by atoms with Crippen LogP contribution in [0.5, 0.6) is 0 Å². The number of hydrogen-bond acceptors (Lipinski definition) is 1. The van der Waals surface area contributed by atoms with Gasteiger partial charge in [-0.15, -0.1) is 0 Å². The van der Waals surface area contributed by atoms with Crippen molar-refractivity contribution >= 4 is 0 Å². The van der Waals surface area contributed by atoms with Crippen LogP contribution in [-0.4, -0.2) is 25.0 Å². The SMILES string of the molecule is [2H]C1(C)CN(C)C1. The van der Waals surface area contributed by atoms with E-state index in [9.17, 15) is 0 Å². The van der Waals surface area contributed by atoms with Crippen molar-refractivity contribution in [3.63, 3.8) is 0 Å². The Balaban J connectivity index is 2.29. The lowest BCUT2D eigenvalue weighted by molar-refractivity contribution is 0.149. The molecular weight excluding hydrogens is 74.1 g/mol. The van der Waals surface area contributed by atoms with Gasteiger partial charge in [-0.1, -0.05) is 6.92 Å². The second-order valence-corrected chi connectivity index (χ2v) is 2.13. The molecule has 0 atom stereocenters. The van der Waals surface area contributed by atoms with Crippen LogP contribution in [0.4, 0.5) is 0 Å². The standard InChI is InChI=1S/C5H11N/c1-5-3-6(2)4-5/h5H,3-4H2,1-2H3/i5D. The minimum atomic E-state index is -0.130. The van der Waals surface area contributed by atoms with Crippen molar-refractivity contribution in [1.82, 2.24) is 4.90 Å². The highest BCUT2D eigenvalue weighted by atomic mass is 15.2. The van der Waals surface area contributed by atoms with Crippen LogP contribution in [-0.2, 0) is 0 Å². The summed E-state index contributed by atoms with van der Waals surface area (Å²) in [5, 5.41) is 0. The second-order valence-electron chi connectivity index (χ2n) is 2.13. The van der Waals surface area contributed by atoms with Crippen LogP contribution in [0.15, 0.2) is 0 Å². The van der Waals surface area contributed by atoms with Crippen molar-refractivity contribution in [2.24, 2.45) is 5.89 Å². The first kappa shape index (κ1) is 3.03. The van der Waals surface area contributed by atoms with Gasteiger partial charge < -0.3 is 4.90 Å². The summed E-state index contributed by atoms with van der Waals surface area (Å²) in [5.41, 5.74) is 0. The van der Waals surface area contributed by atoms with Gasteiger partial charge in [-0.3, -0.25) is 0 Å². The molecule has 0 aromatic carbocycles. The monoisotopic (exact) mass is 86.1 g/mol. The van der Waals surface area contributed by atoms with Crippen molar-refractivity contribution in [3.8, 4) is 0 Å². The normalized spacial score (nSPS) is 34.7. The van der Waals surface area contributed by atoms with Crippen LogP contribution in [0, 0.1) is 5.89 Å². The Kier molecular flexibility index (Phi) is 0.619. The van der Waals surface area contributed by atoms with Crippen LogP contribution >= 0.6 is 0 Å². The fourth-order valence-corrected chi connectivity index (χ4v) is 0.875. The van der Waals surface area contributed by atoms with Gasteiger partial charge in [0, 0.05) is 14.5 Å². The highest BCUT2D eigenvalue weighted by Crippen LogP contribution is 2.09. The Morgan fingerprint density at radius 1 is 1.83 bits per heavy atom. The topological polar surface area (TPSA) is 3.24 Å². The molecule has 0 aliphatic carbocycles. The molecule has 0 amide bonds. The molecule has 1 aliphatic rings. The molecule has 0 N–H and O–H groups in total. The van der Waals surface area contributed by atoms with E-state index in [4.69, 9.17) is 1.37 Å². The average Bonchev–Trinajstić information content (AvgIpc) is 1.27. The van der Waals surface area contributed by atoms with E-state index in [-0.39, 0.29) is 5.89 Å². The van der Waals surface area contributed by atoms with Gasteiger partial charge in [0.15, 0.2) is 0 Å². The molecule has 0 radical (unpaired) electrons. The minimum Gasteiger partial charge on any atom is -0.306 e. The molecule has 6 heavy (non-hydrogen) atoms. The van der Waals surface area contributed by atoms with E-state index in [1.54, 1.807) is 0 Å². The Hall–Kier alpha value is -0.0400. The molecule has 0 aromatic rings. The Labute approximate surface area is 40.4 Å². The minimum absolute atomic E-state index is 0.130. The molecule has 1 rings (SSSR count). The van der Waals surface area contributed by atoms with Crippen molar-refractivity contribution in [2.45, 2.75) is 6.92 Å². The maximum absolute atomic E-state index is 7.36. The second kappa shape index (κ2) is 1.23. The van der Waals surface area contributed by atoms with Crippen LogP contribution in [0.3, 0.4) is 0 Å². The molecule has 1 saturated heterocycles. The molecule has 0 spiro atoms. The van der Waals surface area contributed by atoms with Crippen LogP contribution in [0.25, 0.3) is 0 Å². The fraction of sp³-hybridized carbons (Fsp3) is 1.00. The molecule has 0 saturated carbocycles. The quantitative estimate of drug-likeness (QED) is 0.416. The first-order valence-corrected chi connectivity index (χ1v) is 2.29. The van der Waals surface area contributed by atoms with E-state index in [1.165, 1.54) is 0 Å². The molecule has 1 fully saturated rings. The predicted molar refractivity (Wildman–Crippen MR) is 26.7 cm³/mol. The molecule has 1 aliphatic heterocycles. The summed E-state index contributed by atoms with van der Waals surface area (Å²) in [6.45, 7) is 3.84. The number of nitrogens with zero attached hydrogens (tertiary/aromatic N) is 1. The molecule has 1 nitrogen and oxygen atoms in total. The van der Waals surface area contributed by atoms with Gasteiger partial charge in [-0.2, -0.15) is 0 Å². The molecule has 36 valence electrons. The summed E-state index contributed by atoms with van der Waals surface area (Å²) in [6.07, 6.45) is 0. The largest absolute Gasteiger partial charge is 0.306 e. The highest BCUT2D eigenvalue weighted by molar-refractivity contribution is 4.71. The van der Waals surface area contributed by atoms with E-state index in [0.29, 0.717) is 0 Å². The summed E-state index contributed by atoms with van der Waals surface area (Å²) >= 11 is 0. The Morgan fingerprint density at radius 2 is 2.33 bits per heavy atom. The van der Waals surface area contributed by atoms with Gasteiger partial charge in [-0.25, -0.2) is 0 Å². The lowest BCUT2D eigenvalue weighted by Crippen LogP contribution is -2.41. The van der Waals surface area contributed by atoms with E-state index >= 15 is 0 Å². The lowest BCUT2D eigenvalue weighted by Gasteiger charge is -2.33. The van der Waals surface area contributed by atoms with E-state index in [2.05, 4.69) is 4.90 Å². The number of likely N-dealkylation sites (tertiary alicyclic amines) is 1. The van der Waals surface area contributed by atoms with Gasteiger partial charge in [0.1, 0.15) is 0 Å². The zero-order valence-corrected chi connectivity index (χ0v) is 4.36. The first-order chi connectivity index (χ1) is 3.10. The van der Waals surface area contributed by atoms with Crippen LogP contribution < -0.4 is 0 Å². The third-order valence-corrected chi connectivity index (χ3v) is 1.08. The van der Waals surface area contributed by atoms with Crippen molar-refractivity contribution in [2.75, 3.05) is 20.1 Å². The zero-order valence-electron chi connectivity index (χ0n) is 5.36. The molecule has 1 heterocycles. The smallest absolute Gasteiger partial charge is 0.0326 e. The van der Waals surface area contributed by atoms with Gasteiger partial charge >= 0.3 is 0 Å². The summed E-state index contributed by atoms with van der Waals surface area (Å²) in [7, 11) is 2.04. The zero-order chi connectivity index (χ0) is 5.49. The van der Waals surface area contributed by atoms with E-state index < -0.39 is 0 Å². The Bertz CT molecular complexity index is 72.1. The van der Waals surface area contributed by atoms with Crippen molar-refractivity contribution in [3.05, 3.63) is 0 Å². The first-order valence-electron chi connectivity index (χ1n) is 2.79. The van der Waals surface area contributed by atoms with Crippen molar-refractivity contribution in [1.29, 1.82) is 0 Å². The summed E-state index contributed by atoms with van der Waals surface area (Å²) in [5.74, 6) is -0.130. The fourth-order valence-electron chi connectivity index (χ4n) is 0.875. The third kappa shape index (κ3) is 0.548. The maximum Gasteiger partial charge on any atom is 0.0326 e. The number of rotatable bonds is 0. The molecule has 1 heteroatoms. The van der Waals surface area contributed by atoms with Crippen molar-refractivity contribution < 1.29 is 1.37 Å². The summed E-state index contributed by atoms with van der Waals surface area (Å²) in [6, 6.07) is 0. The average molecular weight is 86.2 g/mol. The molecule has 0 aromatic heterocycles.